The highest BCUT2D eigenvalue weighted by Crippen LogP contribution is 2.30. The minimum atomic E-state index is -2.68. The highest BCUT2D eigenvalue weighted by Gasteiger charge is 2.16. The molecule has 2 rings (SSSR count). The van der Waals surface area contributed by atoms with E-state index in [2.05, 4.69) is 0 Å². The van der Waals surface area contributed by atoms with Gasteiger partial charge in [-0.1, -0.05) is 30.3 Å². The minimum Gasteiger partial charge on any atom is -0.478 e. The van der Waals surface area contributed by atoms with Gasteiger partial charge in [0.15, 0.2) is 0 Å². The second-order valence-corrected chi connectivity index (χ2v) is 3.36. The molecule has 16 heavy (non-hydrogen) atoms. The summed E-state index contributed by atoms with van der Waals surface area (Å²) in [6.45, 7) is 0. The number of halogens is 2. The molecule has 0 bridgehead atoms. The first-order chi connectivity index (χ1) is 7.61. The van der Waals surface area contributed by atoms with Crippen LogP contribution in [0.2, 0.25) is 0 Å². The Kier molecular flexibility index (Phi) is 2.56. The van der Waals surface area contributed by atoms with Gasteiger partial charge in [-0.15, -0.1) is 0 Å². The van der Waals surface area contributed by atoms with Gasteiger partial charge in [-0.05, 0) is 11.5 Å². The second kappa shape index (κ2) is 3.89. The molecule has 0 heterocycles. The number of carboxylic acids is 1. The largest absolute Gasteiger partial charge is 0.478 e. The number of hydrogen-bond acceptors (Lipinski definition) is 1. The predicted octanol–water partition coefficient (Wildman–Crippen LogP) is 3.48. The lowest BCUT2D eigenvalue weighted by molar-refractivity contribution is 0.0699. The molecule has 0 amide bonds. The van der Waals surface area contributed by atoms with E-state index in [0.29, 0.717) is 5.39 Å². The maximum Gasteiger partial charge on any atom is 0.336 e. The summed E-state index contributed by atoms with van der Waals surface area (Å²) in [5, 5.41) is 9.57. The van der Waals surface area contributed by atoms with Crippen molar-refractivity contribution in [2.75, 3.05) is 0 Å². The zero-order valence-electron chi connectivity index (χ0n) is 8.15. The summed E-state index contributed by atoms with van der Waals surface area (Å²) in [4.78, 5) is 10.9. The van der Waals surface area contributed by atoms with Gasteiger partial charge in [0, 0.05) is 10.9 Å². The van der Waals surface area contributed by atoms with E-state index in [9.17, 15) is 13.6 Å². The molecule has 0 aliphatic heterocycles. The Morgan fingerprint density at radius 2 is 1.75 bits per heavy atom. The van der Waals surface area contributed by atoms with Gasteiger partial charge in [-0.25, -0.2) is 13.6 Å². The monoisotopic (exact) mass is 222 g/mol. The molecular weight excluding hydrogens is 214 g/mol. The van der Waals surface area contributed by atoms with Crippen LogP contribution in [0, 0.1) is 0 Å². The molecule has 0 aliphatic rings. The predicted molar refractivity (Wildman–Crippen MR) is 55.9 cm³/mol. The van der Waals surface area contributed by atoms with Gasteiger partial charge in [-0.2, -0.15) is 0 Å². The zero-order valence-corrected chi connectivity index (χ0v) is 8.15. The number of hydrogen-bond donors (Lipinski definition) is 1. The molecule has 0 aromatic heterocycles. The van der Waals surface area contributed by atoms with E-state index in [0.717, 1.165) is 0 Å². The summed E-state index contributed by atoms with van der Waals surface area (Å²) in [6, 6.07) is 8.85. The molecule has 4 heteroatoms. The number of benzene rings is 2. The zero-order chi connectivity index (χ0) is 11.7. The minimum absolute atomic E-state index is 0.0894. The lowest BCUT2D eigenvalue weighted by atomic mass is 9.99. The normalized spacial score (nSPS) is 10.9. The Morgan fingerprint density at radius 3 is 2.31 bits per heavy atom. The van der Waals surface area contributed by atoms with E-state index in [1.54, 1.807) is 18.2 Å². The fourth-order valence-corrected chi connectivity index (χ4v) is 1.73. The molecule has 0 aliphatic carbocycles. The lowest BCUT2D eigenvalue weighted by Gasteiger charge is -2.08. The van der Waals surface area contributed by atoms with Gasteiger partial charge in [0.1, 0.15) is 0 Å². The van der Waals surface area contributed by atoms with Crippen molar-refractivity contribution >= 4 is 16.7 Å². The molecule has 82 valence electrons. The third kappa shape index (κ3) is 1.62. The Balaban J connectivity index is 2.87. The van der Waals surface area contributed by atoms with Crippen LogP contribution in [0.1, 0.15) is 22.3 Å². The number of rotatable bonds is 2. The molecular formula is C12H8F2O2. The van der Waals surface area contributed by atoms with Crippen LogP contribution < -0.4 is 0 Å². The molecule has 0 fully saturated rings. The first-order valence-electron chi connectivity index (χ1n) is 4.64. The number of carbonyl (C=O) groups is 1. The molecule has 2 aromatic rings. The fraction of sp³-hybridized carbons (Fsp3) is 0.0833. The highest BCUT2D eigenvalue weighted by atomic mass is 19.3. The van der Waals surface area contributed by atoms with Crippen LogP contribution in [0.3, 0.4) is 0 Å². The topological polar surface area (TPSA) is 37.3 Å². The maximum absolute atomic E-state index is 12.7. The van der Waals surface area contributed by atoms with Crippen molar-refractivity contribution in [2.45, 2.75) is 6.43 Å². The van der Waals surface area contributed by atoms with E-state index in [-0.39, 0.29) is 16.5 Å². The van der Waals surface area contributed by atoms with Crippen LogP contribution in [0.25, 0.3) is 10.8 Å². The summed E-state index contributed by atoms with van der Waals surface area (Å²) in [5.41, 5.74) is -0.330. The molecule has 0 spiro atoms. The standard InChI is InChI=1S/C12H8F2O2/c13-11(14)8-5-1-3-7-4-2-6-9(10(7)8)12(15)16/h1-6,11H,(H,15,16). The molecule has 2 aromatic carbocycles. The summed E-state index contributed by atoms with van der Waals surface area (Å²) in [7, 11) is 0. The Hall–Kier alpha value is -1.97. The molecule has 0 saturated heterocycles. The molecule has 2 nitrogen and oxygen atoms in total. The molecule has 0 saturated carbocycles. The van der Waals surface area contributed by atoms with Crippen molar-refractivity contribution < 1.29 is 18.7 Å². The van der Waals surface area contributed by atoms with Crippen molar-refractivity contribution in [3.63, 3.8) is 0 Å². The lowest BCUT2D eigenvalue weighted by Crippen LogP contribution is -2.00. The third-order valence-electron chi connectivity index (χ3n) is 2.40. The van der Waals surface area contributed by atoms with Crippen LogP contribution >= 0.6 is 0 Å². The van der Waals surface area contributed by atoms with Crippen molar-refractivity contribution in [3.05, 3.63) is 47.5 Å². The smallest absolute Gasteiger partial charge is 0.336 e. The van der Waals surface area contributed by atoms with E-state index in [4.69, 9.17) is 5.11 Å². The van der Waals surface area contributed by atoms with Crippen molar-refractivity contribution in [1.82, 2.24) is 0 Å². The van der Waals surface area contributed by atoms with E-state index < -0.39 is 12.4 Å². The SMILES string of the molecule is O=C(O)c1cccc2cccc(C(F)F)c12. The molecule has 0 unspecified atom stereocenters. The van der Waals surface area contributed by atoms with Crippen molar-refractivity contribution in [1.29, 1.82) is 0 Å². The summed E-state index contributed by atoms with van der Waals surface area (Å²) < 4.78 is 25.5. The Labute approximate surface area is 90.1 Å². The van der Waals surface area contributed by atoms with Crippen LogP contribution in [0.5, 0.6) is 0 Å². The van der Waals surface area contributed by atoms with Crippen LogP contribution in [-0.2, 0) is 0 Å². The first kappa shape index (κ1) is 10.5. The van der Waals surface area contributed by atoms with Gasteiger partial charge < -0.3 is 5.11 Å². The number of alkyl halides is 2. The molecule has 1 N–H and O–H groups in total. The number of carboxylic acid groups (broad SMARTS) is 1. The van der Waals surface area contributed by atoms with Gasteiger partial charge in [0.2, 0.25) is 0 Å². The summed E-state index contributed by atoms with van der Waals surface area (Å²) in [5.74, 6) is -1.20. The number of aromatic carboxylic acids is 1. The third-order valence-corrected chi connectivity index (χ3v) is 2.40. The van der Waals surface area contributed by atoms with Gasteiger partial charge in [-0.3, -0.25) is 0 Å². The second-order valence-electron chi connectivity index (χ2n) is 3.36. The fourth-order valence-electron chi connectivity index (χ4n) is 1.73. The first-order valence-corrected chi connectivity index (χ1v) is 4.64. The van der Waals surface area contributed by atoms with Crippen molar-refractivity contribution in [3.8, 4) is 0 Å². The van der Waals surface area contributed by atoms with Crippen LogP contribution in [0.15, 0.2) is 36.4 Å². The van der Waals surface area contributed by atoms with Gasteiger partial charge in [0.25, 0.3) is 6.43 Å². The van der Waals surface area contributed by atoms with E-state index >= 15 is 0 Å². The molecule has 0 radical (unpaired) electrons. The maximum atomic E-state index is 12.7. The van der Waals surface area contributed by atoms with Gasteiger partial charge >= 0.3 is 5.97 Å². The van der Waals surface area contributed by atoms with Crippen molar-refractivity contribution in [2.24, 2.45) is 0 Å². The van der Waals surface area contributed by atoms with Crippen LogP contribution in [0.4, 0.5) is 8.78 Å². The van der Waals surface area contributed by atoms with E-state index in [1.165, 1.54) is 18.2 Å². The highest BCUT2D eigenvalue weighted by molar-refractivity contribution is 6.05. The Bertz CT molecular complexity index is 544. The summed E-state index contributed by atoms with van der Waals surface area (Å²) >= 11 is 0. The quantitative estimate of drug-likeness (QED) is 0.844. The molecule has 0 atom stereocenters. The average Bonchev–Trinajstić information content (AvgIpc) is 2.27. The van der Waals surface area contributed by atoms with Gasteiger partial charge in [0.05, 0.1) is 5.56 Å². The van der Waals surface area contributed by atoms with Crippen LogP contribution in [-0.4, -0.2) is 11.1 Å². The summed E-state index contributed by atoms with van der Waals surface area (Å²) in [6.07, 6.45) is -2.68. The van der Waals surface area contributed by atoms with E-state index in [1.807, 2.05) is 0 Å². The average molecular weight is 222 g/mol. The Morgan fingerprint density at radius 1 is 1.12 bits per heavy atom. The number of fused-ring (bicyclic) bond motifs is 1.